The molecule has 3 N–H and O–H groups in total. The topological polar surface area (TPSA) is 228 Å². The summed E-state index contributed by atoms with van der Waals surface area (Å²) in [5.41, 5.74) is 14.3. The monoisotopic (exact) mass is 1190 g/mol. The number of carbonyl (C=O) groups is 5. The normalized spacial score (nSPS) is 13.6. The number of ether oxygens (including phenoxy) is 5. The molecule has 2 aliphatic heterocycles. The van der Waals surface area contributed by atoms with E-state index in [1.165, 1.54) is 65.6 Å². The maximum Gasteiger partial charge on any atom is 0.408 e. The lowest BCUT2D eigenvalue weighted by Gasteiger charge is -2.39. The number of alkyl carbamates (subject to hydrolysis) is 1. The molecule has 4 heterocycles. The van der Waals surface area contributed by atoms with Gasteiger partial charge in [0.05, 0.1) is 45.3 Å². The molecule has 88 heavy (non-hydrogen) atoms. The third kappa shape index (κ3) is 19.2. The lowest BCUT2D eigenvalue weighted by atomic mass is 9.97. The standard InChI is InChI=1S/C39H44N4O6.C31H38N4O4/c1-3-4-5-6-10-21-48-34-19-17-30(18-20-34)32-23-40-36(41-24-32)31-15-13-28(14-16-31)22-35(37(44)43-25-33(26-43)38(45)47-2)42-39(46)49-27-29-11-8-7-9-12-29;1-3-4-5-6-7-16-39-27-14-12-23(13-15-27)25-18-33-29(34-19-25)24-10-8-22(9-11-24)17-28(32)30(36)35-20-26(21-35)31(37)38-2/h7-9,11-20,23-24,33,35H,3-6,10,21-22,25-27H2,1-2H3,(H,42,46);8-15,18-19,26,28H,3-7,16-17,20-21,32H2,1-2H3/t35-;28-/m00/s1. The quantitative estimate of drug-likeness (QED) is 0.0252. The third-order valence-electron chi connectivity index (χ3n) is 15.6. The van der Waals surface area contributed by atoms with E-state index in [0.29, 0.717) is 31.2 Å². The van der Waals surface area contributed by atoms with Crippen molar-refractivity contribution in [1.82, 2.24) is 35.1 Å². The van der Waals surface area contributed by atoms with E-state index in [-0.39, 0.29) is 61.7 Å². The van der Waals surface area contributed by atoms with Crippen LogP contribution in [0.4, 0.5) is 4.79 Å². The molecule has 0 spiro atoms. The van der Waals surface area contributed by atoms with Crippen LogP contribution in [-0.4, -0.2) is 125 Å². The van der Waals surface area contributed by atoms with Crippen LogP contribution in [0.1, 0.15) is 94.7 Å². The average Bonchev–Trinajstić information content (AvgIpc) is 2.65. The average molecular weight is 1200 g/mol. The zero-order valence-corrected chi connectivity index (χ0v) is 51.0. The Morgan fingerprint density at radius 1 is 0.489 bits per heavy atom. The molecule has 18 heteroatoms. The van der Waals surface area contributed by atoms with Crippen LogP contribution in [0.5, 0.6) is 11.5 Å². The van der Waals surface area contributed by atoms with Gasteiger partial charge in [-0.1, -0.05) is 168 Å². The number of aromatic nitrogens is 4. The van der Waals surface area contributed by atoms with Crippen LogP contribution in [0.3, 0.4) is 0 Å². The van der Waals surface area contributed by atoms with Crippen LogP contribution in [0.25, 0.3) is 45.0 Å². The maximum atomic E-state index is 13.4. The van der Waals surface area contributed by atoms with Crippen molar-refractivity contribution in [2.24, 2.45) is 17.6 Å². The third-order valence-corrected chi connectivity index (χ3v) is 15.6. The number of nitrogens with one attached hydrogen (secondary N) is 1. The molecule has 9 rings (SSSR count). The van der Waals surface area contributed by atoms with Gasteiger partial charge >= 0.3 is 18.0 Å². The van der Waals surface area contributed by atoms with E-state index in [1.807, 2.05) is 140 Å². The van der Waals surface area contributed by atoms with Crippen molar-refractivity contribution < 1.29 is 47.7 Å². The van der Waals surface area contributed by atoms with Crippen molar-refractivity contribution >= 4 is 29.8 Å². The van der Waals surface area contributed by atoms with E-state index >= 15 is 0 Å². The number of carbonyl (C=O) groups excluding carboxylic acids is 5. The second-order valence-corrected chi connectivity index (χ2v) is 22.3. The summed E-state index contributed by atoms with van der Waals surface area (Å²) in [5, 5.41) is 2.73. The number of rotatable bonds is 29. The van der Waals surface area contributed by atoms with Gasteiger partial charge in [-0.2, -0.15) is 0 Å². The molecule has 0 unspecified atom stereocenters. The molecule has 2 saturated heterocycles. The highest BCUT2D eigenvalue weighted by molar-refractivity contribution is 5.88. The molecular weight excluding hydrogens is 1110 g/mol. The van der Waals surface area contributed by atoms with Crippen LogP contribution in [-0.2, 0) is 52.8 Å². The Bertz CT molecular complexity index is 3290. The Morgan fingerprint density at radius 2 is 0.898 bits per heavy atom. The van der Waals surface area contributed by atoms with E-state index in [1.54, 1.807) is 22.2 Å². The number of unbranched alkanes of at least 4 members (excludes halogenated alkanes) is 8. The molecular formula is C70H82N8O10. The minimum absolute atomic E-state index is 0.0776. The molecule has 0 aliphatic carbocycles. The van der Waals surface area contributed by atoms with E-state index < -0.39 is 18.2 Å². The molecule has 18 nitrogen and oxygen atoms in total. The summed E-state index contributed by atoms with van der Waals surface area (Å²) in [4.78, 5) is 83.6. The number of nitrogens with two attached hydrogens (primary N) is 1. The number of benzene rings is 5. The van der Waals surface area contributed by atoms with Gasteiger partial charge in [0, 0.05) is 79.6 Å². The molecule has 2 aromatic heterocycles. The Morgan fingerprint density at radius 3 is 1.33 bits per heavy atom. The molecule has 0 saturated carbocycles. The van der Waals surface area contributed by atoms with Gasteiger partial charge in [-0.05, 0) is 71.3 Å². The van der Waals surface area contributed by atoms with E-state index in [4.69, 9.17) is 29.4 Å². The second-order valence-electron chi connectivity index (χ2n) is 22.3. The molecule has 2 atom stereocenters. The number of amides is 3. The molecule has 2 fully saturated rings. The first kappa shape index (κ1) is 65.0. The van der Waals surface area contributed by atoms with Crippen molar-refractivity contribution in [3.8, 4) is 56.5 Å². The predicted octanol–water partition coefficient (Wildman–Crippen LogP) is 11.3. The Balaban J connectivity index is 0.000000234. The van der Waals surface area contributed by atoms with E-state index in [0.717, 1.165) is 87.6 Å². The fourth-order valence-corrected chi connectivity index (χ4v) is 10.2. The molecule has 0 bridgehead atoms. The Kier molecular flexibility index (Phi) is 24.9. The van der Waals surface area contributed by atoms with E-state index in [2.05, 4.69) is 39.1 Å². The first-order valence-electron chi connectivity index (χ1n) is 30.7. The highest BCUT2D eigenvalue weighted by Gasteiger charge is 2.40. The zero-order chi connectivity index (χ0) is 62.0. The molecule has 7 aromatic rings. The fourth-order valence-electron chi connectivity index (χ4n) is 10.2. The summed E-state index contributed by atoms with van der Waals surface area (Å²) in [5.74, 6) is 1.23. The Labute approximate surface area is 516 Å². The zero-order valence-electron chi connectivity index (χ0n) is 51.0. The first-order valence-corrected chi connectivity index (χ1v) is 30.7. The van der Waals surface area contributed by atoms with Crippen LogP contribution in [0.15, 0.2) is 152 Å². The van der Waals surface area contributed by atoms with Gasteiger partial charge in [0.15, 0.2) is 11.6 Å². The molecule has 2 aliphatic rings. The van der Waals surface area contributed by atoms with Gasteiger partial charge < -0.3 is 44.5 Å². The summed E-state index contributed by atoms with van der Waals surface area (Å²) in [6, 6.07) is 39.1. The van der Waals surface area contributed by atoms with Crippen molar-refractivity contribution in [1.29, 1.82) is 0 Å². The second kappa shape index (κ2) is 33.8. The summed E-state index contributed by atoms with van der Waals surface area (Å²) in [7, 11) is 2.68. The van der Waals surface area contributed by atoms with Gasteiger partial charge in [-0.15, -0.1) is 0 Å². The summed E-state index contributed by atoms with van der Waals surface area (Å²) in [6.45, 7) is 7.20. The number of methoxy groups -OCH3 is 2. The first-order chi connectivity index (χ1) is 42.9. The van der Waals surface area contributed by atoms with Gasteiger partial charge in [0.1, 0.15) is 24.1 Å². The lowest BCUT2D eigenvalue weighted by molar-refractivity contribution is -0.157. The van der Waals surface area contributed by atoms with Gasteiger partial charge in [-0.3, -0.25) is 19.2 Å². The highest BCUT2D eigenvalue weighted by Crippen LogP contribution is 2.27. The van der Waals surface area contributed by atoms with Crippen molar-refractivity contribution in [2.45, 2.75) is 110 Å². The SMILES string of the molecule is CCCCCCCOc1ccc(-c2cnc(-c3ccc(C[C@H](N)C(=O)N4CC(C(=O)OC)C4)cc3)nc2)cc1.CCCCCCCOc1ccc(-c2cnc(-c3ccc(C[C@H](NC(=O)OCc4ccccc4)C(=O)N4CC(C(=O)OC)C4)cc3)nc2)cc1. The van der Waals surface area contributed by atoms with Crippen molar-refractivity contribution in [3.05, 3.63) is 169 Å². The summed E-state index contributed by atoms with van der Waals surface area (Å²) >= 11 is 0. The Hall–Kier alpha value is -9.03. The molecule has 0 radical (unpaired) electrons. The minimum atomic E-state index is -0.883. The van der Waals surface area contributed by atoms with Crippen LogP contribution < -0.4 is 20.5 Å². The van der Waals surface area contributed by atoms with Gasteiger partial charge in [-0.25, -0.2) is 24.7 Å². The highest BCUT2D eigenvalue weighted by atomic mass is 16.5. The molecule has 5 aromatic carbocycles. The van der Waals surface area contributed by atoms with Crippen LogP contribution >= 0.6 is 0 Å². The van der Waals surface area contributed by atoms with Crippen molar-refractivity contribution in [2.75, 3.05) is 53.6 Å². The molecule has 462 valence electrons. The van der Waals surface area contributed by atoms with Crippen LogP contribution in [0.2, 0.25) is 0 Å². The molecule has 3 amide bonds. The largest absolute Gasteiger partial charge is 0.494 e. The number of likely N-dealkylation sites (tertiary alicyclic amines) is 2. The number of hydrogen-bond acceptors (Lipinski definition) is 15. The number of nitrogens with zero attached hydrogens (tertiary/aromatic N) is 6. The van der Waals surface area contributed by atoms with Gasteiger partial charge in [0.2, 0.25) is 11.8 Å². The maximum absolute atomic E-state index is 13.4. The number of esters is 2. The summed E-state index contributed by atoms with van der Waals surface area (Å²) in [6.07, 6.45) is 19.3. The summed E-state index contributed by atoms with van der Waals surface area (Å²) < 4.78 is 26.7. The van der Waals surface area contributed by atoms with E-state index in [9.17, 15) is 24.0 Å². The minimum Gasteiger partial charge on any atom is -0.494 e. The predicted molar refractivity (Wildman–Crippen MR) is 337 cm³/mol. The lowest BCUT2D eigenvalue weighted by Crippen LogP contribution is -2.59. The van der Waals surface area contributed by atoms with Crippen molar-refractivity contribution in [3.63, 3.8) is 0 Å². The fraction of sp³-hybridized carbons (Fsp3) is 0.386. The smallest absolute Gasteiger partial charge is 0.408 e. The van der Waals surface area contributed by atoms with Crippen LogP contribution in [0, 0.1) is 11.8 Å². The number of hydrogen-bond donors (Lipinski definition) is 2. The van der Waals surface area contributed by atoms with Gasteiger partial charge in [0.25, 0.3) is 0 Å².